The van der Waals surface area contributed by atoms with Crippen molar-refractivity contribution in [3.05, 3.63) is 47.2 Å². The van der Waals surface area contributed by atoms with Crippen molar-refractivity contribution >= 4 is 32.0 Å². The Hall–Kier alpha value is -3.06. The van der Waals surface area contributed by atoms with Gasteiger partial charge in [0.05, 0.1) is 35.4 Å². The van der Waals surface area contributed by atoms with Crippen LogP contribution in [0.5, 0.6) is 0 Å². The molecule has 0 aromatic heterocycles. The van der Waals surface area contributed by atoms with Crippen molar-refractivity contribution in [3.8, 4) is 0 Å². The smallest absolute Gasteiger partial charge is 0.338 e. The topological polar surface area (TPSA) is 155 Å². The fourth-order valence-electron chi connectivity index (χ4n) is 9.39. The summed E-state index contributed by atoms with van der Waals surface area (Å²) in [5, 5.41) is 24.6. The number of fused-ring (bicyclic) bond motifs is 5. The number of rotatable bonds is 8. The van der Waals surface area contributed by atoms with E-state index >= 15 is 4.79 Å². The molecule has 1 unspecified atom stereocenters. The van der Waals surface area contributed by atoms with Crippen molar-refractivity contribution in [3.63, 3.8) is 0 Å². The van der Waals surface area contributed by atoms with Gasteiger partial charge < -0.3 is 33.6 Å². The van der Waals surface area contributed by atoms with E-state index in [2.05, 4.69) is 40.8 Å². The van der Waals surface area contributed by atoms with E-state index in [0.717, 1.165) is 0 Å². The Bertz CT molecular complexity index is 1620. The van der Waals surface area contributed by atoms with Crippen molar-refractivity contribution in [2.24, 2.45) is 28.6 Å². The van der Waals surface area contributed by atoms with Gasteiger partial charge in [-0.05, 0) is 55.6 Å². The monoisotopic (exact) mass is 728 g/mol. The standard InChI is InChI=1S/C39H56O11Si/c1-21(2)36(8,9)51(11,12)50-27-18-28-38(20-46-28,49-24(5)41)31-33(48-34(44)25-16-14-13-15-17-25)39(45)19-26(42)22(3)29(35(39,6)7)30(47-23(4)40)32(43)37(27,31)10/h13-17,21,27-31,33,42,45H,18-20H2,1-12H3/t27-,28+,29?,30+,31-,33-,37+,38-,39+/m0/s1. The Morgan fingerprint density at radius 3 is 2.14 bits per heavy atom. The first kappa shape index (κ1) is 39.2. The van der Waals surface area contributed by atoms with Crippen LogP contribution in [0.15, 0.2) is 41.7 Å². The largest absolute Gasteiger partial charge is 0.512 e. The first-order chi connectivity index (χ1) is 23.4. The van der Waals surface area contributed by atoms with Gasteiger partial charge in [-0.3, -0.25) is 14.4 Å². The number of carbonyl (C=O) groups excluding carboxylic acids is 4. The average molecular weight is 729 g/mol. The predicted molar refractivity (Wildman–Crippen MR) is 190 cm³/mol. The van der Waals surface area contributed by atoms with Gasteiger partial charge in [-0.1, -0.05) is 59.7 Å². The minimum atomic E-state index is -2.75. The Morgan fingerprint density at radius 2 is 1.63 bits per heavy atom. The molecule has 2 N–H and O–H groups in total. The fourth-order valence-corrected chi connectivity index (χ4v) is 12.1. The number of ketones is 1. The number of benzene rings is 1. The lowest BCUT2D eigenvalue weighted by atomic mass is 9.43. The molecule has 9 atom stereocenters. The van der Waals surface area contributed by atoms with Gasteiger partial charge in [0, 0.05) is 38.0 Å². The van der Waals surface area contributed by atoms with Gasteiger partial charge in [0.15, 0.2) is 25.8 Å². The van der Waals surface area contributed by atoms with E-state index in [1.54, 1.807) is 58.0 Å². The molecule has 282 valence electrons. The summed E-state index contributed by atoms with van der Waals surface area (Å²) in [6.45, 7) is 21.9. The molecule has 3 aliphatic carbocycles. The van der Waals surface area contributed by atoms with E-state index in [9.17, 15) is 24.6 Å². The van der Waals surface area contributed by atoms with E-state index in [1.807, 2.05) is 0 Å². The summed E-state index contributed by atoms with van der Waals surface area (Å²) >= 11 is 0. The first-order valence-electron chi connectivity index (χ1n) is 18.0. The molecule has 3 fully saturated rings. The third-order valence-corrected chi connectivity index (χ3v) is 18.3. The summed E-state index contributed by atoms with van der Waals surface area (Å²) in [7, 11) is -2.75. The summed E-state index contributed by atoms with van der Waals surface area (Å²) in [6.07, 6.45) is -4.92. The molecule has 1 saturated heterocycles. The van der Waals surface area contributed by atoms with Gasteiger partial charge in [0.25, 0.3) is 0 Å². The fraction of sp³-hybridized carbons (Fsp3) is 0.692. The number of esters is 3. The summed E-state index contributed by atoms with van der Waals surface area (Å²) in [5.74, 6) is -4.97. The third-order valence-electron chi connectivity index (χ3n) is 13.7. The van der Waals surface area contributed by atoms with Crippen LogP contribution < -0.4 is 0 Å². The number of Topliss-reactive ketones (excluding diaryl/α,β-unsaturated/α-hetero) is 1. The summed E-state index contributed by atoms with van der Waals surface area (Å²) in [6, 6.07) is 8.29. The SMILES string of the molecule is CC(=O)O[C@H]1C(=O)[C@]2(C)[C@@H](O[Si](C)(C)C(C)(C)C(C)C)C[C@H]3OC[C@@]3(OC(C)=O)[C@H]2[C@H](OC(=O)c2ccccc2)[C@]2(O)CC(O)=C(C)C1C2(C)C. The highest BCUT2D eigenvalue weighted by atomic mass is 28.4. The van der Waals surface area contributed by atoms with E-state index in [4.69, 9.17) is 23.4 Å². The maximum atomic E-state index is 15.8. The maximum absolute atomic E-state index is 15.8. The average Bonchev–Trinajstić information content (AvgIpc) is 3.02. The van der Waals surface area contributed by atoms with Crippen LogP contribution in [-0.4, -0.2) is 84.4 Å². The molecule has 1 aliphatic heterocycles. The van der Waals surface area contributed by atoms with Crippen molar-refractivity contribution in [2.75, 3.05) is 6.61 Å². The molecule has 5 rings (SSSR count). The molecule has 2 bridgehead atoms. The highest BCUT2D eigenvalue weighted by Crippen LogP contribution is 2.66. The van der Waals surface area contributed by atoms with Gasteiger partial charge in [-0.2, -0.15) is 0 Å². The molecule has 1 aromatic rings. The second kappa shape index (κ2) is 12.8. The molecule has 0 radical (unpaired) electrons. The van der Waals surface area contributed by atoms with Crippen LogP contribution >= 0.6 is 0 Å². The summed E-state index contributed by atoms with van der Waals surface area (Å²) in [5.41, 5.74) is -6.11. The molecule has 11 nitrogen and oxygen atoms in total. The molecule has 0 spiro atoms. The molecule has 4 aliphatic rings. The van der Waals surface area contributed by atoms with Crippen LogP contribution in [0.25, 0.3) is 0 Å². The normalized spacial score (nSPS) is 36.2. The lowest BCUT2D eigenvalue weighted by molar-refractivity contribution is -0.348. The van der Waals surface area contributed by atoms with Crippen molar-refractivity contribution in [1.29, 1.82) is 0 Å². The van der Waals surface area contributed by atoms with Crippen LogP contribution in [0, 0.1) is 28.6 Å². The molecule has 1 aromatic carbocycles. The second-order valence-electron chi connectivity index (χ2n) is 17.4. The predicted octanol–water partition coefficient (Wildman–Crippen LogP) is 6.09. The first-order valence-corrected chi connectivity index (χ1v) is 20.9. The van der Waals surface area contributed by atoms with Crippen molar-refractivity contribution in [1.82, 2.24) is 0 Å². The number of aliphatic hydroxyl groups excluding tert-OH is 1. The van der Waals surface area contributed by atoms with E-state index in [-0.39, 0.29) is 41.7 Å². The highest BCUT2D eigenvalue weighted by Gasteiger charge is 2.79. The zero-order valence-electron chi connectivity index (χ0n) is 32.1. The lowest BCUT2D eigenvalue weighted by Crippen LogP contribution is -2.82. The number of aliphatic hydroxyl groups is 2. The Labute approximate surface area is 302 Å². The molecule has 2 saturated carbocycles. The van der Waals surface area contributed by atoms with Gasteiger partial charge in [0.2, 0.25) is 0 Å². The molecule has 0 amide bonds. The highest BCUT2D eigenvalue weighted by molar-refractivity contribution is 6.74. The van der Waals surface area contributed by atoms with E-state index < -0.39 is 90.3 Å². The van der Waals surface area contributed by atoms with Gasteiger partial charge in [-0.15, -0.1) is 0 Å². The van der Waals surface area contributed by atoms with Gasteiger partial charge >= 0.3 is 17.9 Å². The van der Waals surface area contributed by atoms with E-state index in [1.165, 1.54) is 13.8 Å². The second-order valence-corrected chi connectivity index (χ2v) is 21.9. The molecule has 12 heteroatoms. The van der Waals surface area contributed by atoms with Crippen LogP contribution in [0.1, 0.15) is 92.4 Å². The zero-order chi connectivity index (χ0) is 38.3. The number of hydrogen-bond acceptors (Lipinski definition) is 11. The van der Waals surface area contributed by atoms with Crippen molar-refractivity contribution in [2.45, 2.75) is 136 Å². The van der Waals surface area contributed by atoms with Gasteiger partial charge in [0.1, 0.15) is 17.8 Å². The summed E-state index contributed by atoms with van der Waals surface area (Å²) < 4.78 is 32.1. The van der Waals surface area contributed by atoms with E-state index in [0.29, 0.717) is 5.57 Å². The van der Waals surface area contributed by atoms with Crippen molar-refractivity contribution < 1.29 is 52.8 Å². The Balaban J connectivity index is 1.87. The van der Waals surface area contributed by atoms with Crippen LogP contribution in [0.2, 0.25) is 18.1 Å². The summed E-state index contributed by atoms with van der Waals surface area (Å²) in [4.78, 5) is 55.8. The quantitative estimate of drug-likeness (QED) is 0.182. The van der Waals surface area contributed by atoms with Crippen LogP contribution in [0.4, 0.5) is 0 Å². The Morgan fingerprint density at radius 1 is 1.02 bits per heavy atom. The zero-order valence-corrected chi connectivity index (χ0v) is 33.1. The van der Waals surface area contributed by atoms with Gasteiger partial charge in [-0.25, -0.2) is 4.79 Å². The third kappa shape index (κ3) is 5.79. The number of carbonyl (C=O) groups is 4. The molecular weight excluding hydrogens is 673 g/mol. The van der Waals surface area contributed by atoms with Crippen LogP contribution in [0.3, 0.4) is 0 Å². The minimum absolute atomic E-state index is 0.145. The number of hydrogen-bond donors (Lipinski definition) is 2. The maximum Gasteiger partial charge on any atom is 0.338 e. The molecule has 1 heterocycles. The lowest BCUT2D eigenvalue weighted by Gasteiger charge is -2.68. The molecular formula is C39H56O11Si. The minimum Gasteiger partial charge on any atom is -0.512 e. The van der Waals surface area contributed by atoms with Crippen LogP contribution in [-0.2, 0) is 37.8 Å². The molecule has 51 heavy (non-hydrogen) atoms. The number of ether oxygens (including phenoxy) is 4. The Kier molecular flexibility index (Phi) is 9.83.